The van der Waals surface area contributed by atoms with E-state index in [1.54, 1.807) is 0 Å². The zero-order valence-electron chi connectivity index (χ0n) is 11.4. The van der Waals surface area contributed by atoms with Crippen molar-refractivity contribution in [3.05, 3.63) is 0 Å². The standard InChI is InChI=1S/C14H28N2/c1-11-7-6-10-16(11)12-8-5-9-14(2,3)13(12)15-4/h11-13,15H,5-10H2,1-4H3. The van der Waals surface area contributed by atoms with Crippen molar-refractivity contribution in [3.63, 3.8) is 0 Å². The smallest absolute Gasteiger partial charge is 0.0271 e. The van der Waals surface area contributed by atoms with Gasteiger partial charge in [0.1, 0.15) is 0 Å². The fraction of sp³-hybridized carbons (Fsp3) is 1.00. The summed E-state index contributed by atoms with van der Waals surface area (Å²) < 4.78 is 0. The predicted octanol–water partition coefficient (Wildman–Crippen LogP) is 2.64. The van der Waals surface area contributed by atoms with E-state index in [0.29, 0.717) is 11.5 Å². The summed E-state index contributed by atoms with van der Waals surface area (Å²) in [6.45, 7) is 8.59. The predicted molar refractivity (Wildman–Crippen MR) is 69.7 cm³/mol. The van der Waals surface area contributed by atoms with Crippen LogP contribution in [0.4, 0.5) is 0 Å². The van der Waals surface area contributed by atoms with Gasteiger partial charge in [-0.2, -0.15) is 0 Å². The van der Waals surface area contributed by atoms with Gasteiger partial charge in [-0.15, -0.1) is 0 Å². The second-order valence-electron chi connectivity index (χ2n) is 6.44. The fourth-order valence-corrected chi connectivity index (χ4v) is 4.00. The van der Waals surface area contributed by atoms with Gasteiger partial charge in [0, 0.05) is 18.1 Å². The lowest BCUT2D eigenvalue weighted by Crippen LogP contribution is -2.58. The highest BCUT2D eigenvalue weighted by Crippen LogP contribution is 2.39. The SMILES string of the molecule is CNC1C(N2CCCC2C)CCCC1(C)C. The van der Waals surface area contributed by atoms with Crippen LogP contribution >= 0.6 is 0 Å². The number of hydrogen-bond acceptors (Lipinski definition) is 2. The average Bonchev–Trinajstić information content (AvgIpc) is 2.62. The van der Waals surface area contributed by atoms with E-state index >= 15 is 0 Å². The van der Waals surface area contributed by atoms with Crippen molar-refractivity contribution in [1.82, 2.24) is 10.2 Å². The topological polar surface area (TPSA) is 15.3 Å². The fourth-order valence-electron chi connectivity index (χ4n) is 4.00. The van der Waals surface area contributed by atoms with E-state index in [2.05, 4.69) is 38.0 Å². The van der Waals surface area contributed by atoms with E-state index in [-0.39, 0.29) is 0 Å². The molecule has 2 aliphatic rings. The summed E-state index contributed by atoms with van der Waals surface area (Å²) in [7, 11) is 2.14. The maximum Gasteiger partial charge on any atom is 0.0271 e. The quantitative estimate of drug-likeness (QED) is 0.776. The number of likely N-dealkylation sites (N-methyl/N-ethyl adjacent to an activating group) is 1. The summed E-state index contributed by atoms with van der Waals surface area (Å²) in [6, 6.07) is 2.24. The van der Waals surface area contributed by atoms with E-state index in [1.807, 2.05) is 0 Å². The molecule has 1 heterocycles. The van der Waals surface area contributed by atoms with Gasteiger partial charge in [-0.3, -0.25) is 4.90 Å². The van der Waals surface area contributed by atoms with Gasteiger partial charge in [-0.25, -0.2) is 0 Å². The molecule has 16 heavy (non-hydrogen) atoms. The molecule has 1 aliphatic carbocycles. The number of nitrogens with zero attached hydrogens (tertiary/aromatic N) is 1. The Hall–Kier alpha value is -0.0800. The molecular formula is C14H28N2. The van der Waals surface area contributed by atoms with Crippen LogP contribution in [-0.4, -0.2) is 36.6 Å². The van der Waals surface area contributed by atoms with Crippen LogP contribution in [-0.2, 0) is 0 Å². The minimum atomic E-state index is 0.458. The highest BCUT2D eigenvalue weighted by atomic mass is 15.2. The van der Waals surface area contributed by atoms with Crippen molar-refractivity contribution >= 4 is 0 Å². The lowest BCUT2D eigenvalue weighted by atomic mass is 9.70. The maximum atomic E-state index is 3.60. The third-order valence-electron chi connectivity index (χ3n) is 4.89. The first-order valence-electron chi connectivity index (χ1n) is 6.99. The molecule has 0 amide bonds. The van der Waals surface area contributed by atoms with E-state index in [9.17, 15) is 0 Å². The highest BCUT2D eigenvalue weighted by Gasteiger charge is 2.42. The molecule has 0 spiro atoms. The van der Waals surface area contributed by atoms with Crippen LogP contribution in [0.2, 0.25) is 0 Å². The van der Waals surface area contributed by atoms with Crippen molar-refractivity contribution in [2.24, 2.45) is 5.41 Å². The number of likely N-dealkylation sites (tertiary alicyclic amines) is 1. The van der Waals surface area contributed by atoms with Crippen LogP contribution in [0, 0.1) is 5.41 Å². The summed E-state index contributed by atoms with van der Waals surface area (Å²) in [4.78, 5) is 2.77. The Morgan fingerprint density at radius 3 is 2.50 bits per heavy atom. The normalized spacial score (nSPS) is 40.1. The molecule has 94 valence electrons. The van der Waals surface area contributed by atoms with Crippen LogP contribution < -0.4 is 5.32 Å². The molecule has 0 aromatic carbocycles. The number of nitrogens with one attached hydrogen (secondary N) is 1. The van der Waals surface area contributed by atoms with Gasteiger partial charge in [0.25, 0.3) is 0 Å². The molecule has 2 heteroatoms. The largest absolute Gasteiger partial charge is 0.315 e. The van der Waals surface area contributed by atoms with E-state index in [1.165, 1.54) is 38.6 Å². The van der Waals surface area contributed by atoms with Crippen LogP contribution in [0.1, 0.15) is 52.9 Å². The Morgan fingerprint density at radius 1 is 1.19 bits per heavy atom. The van der Waals surface area contributed by atoms with Crippen LogP contribution in [0.15, 0.2) is 0 Å². The van der Waals surface area contributed by atoms with Crippen molar-refractivity contribution in [2.75, 3.05) is 13.6 Å². The lowest BCUT2D eigenvalue weighted by Gasteiger charge is -2.48. The minimum absolute atomic E-state index is 0.458. The highest BCUT2D eigenvalue weighted by molar-refractivity contribution is 4.99. The Balaban J connectivity index is 2.12. The monoisotopic (exact) mass is 224 g/mol. The van der Waals surface area contributed by atoms with Gasteiger partial charge < -0.3 is 5.32 Å². The summed E-state index contributed by atoms with van der Waals surface area (Å²) in [5.74, 6) is 0. The molecule has 1 aliphatic heterocycles. The van der Waals surface area contributed by atoms with Crippen molar-refractivity contribution in [1.29, 1.82) is 0 Å². The van der Waals surface area contributed by atoms with Crippen molar-refractivity contribution in [2.45, 2.75) is 71.0 Å². The number of rotatable bonds is 2. The molecule has 2 nitrogen and oxygen atoms in total. The molecule has 1 saturated heterocycles. The van der Waals surface area contributed by atoms with Gasteiger partial charge in [-0.1, -0.05) is 20.3 Å². The van der Waals surface area contributed by atoms with E-state index in [0.717, 1.165) is 12.1 Å². The van der Waals surface area contributed by atoms with Crippen LogP contribution in [0.3, 0.4) is 0 Å². The van der Waals surface area contributed by atoms with Gasteiger partial charge in [-0.05, 0) is 51.6 Å². The Labute approximate surface area is 101 Å². The molecule has 1 saturated carbocycles. The summed E-state index contributed by atoms with van der Waals surface area (Å²) in [5, 5.41) is 3.60. The van der Waals surface area contributed by atoms with Crippen LogP contribution in [0.5, 0.6) is 0 Å². The average molecular weight is 224 g/mol. The van der Waals surface area contributed by atoms with E-state index < -0.39 is 0 Å². The molecule has 1 N–H and O–H groups in total. The second-order valence-corrected chi connectivity index (χ2v) is 6.44. The summed E-state index contributed by atoms with van der Waals surface area (Å²) in [5.41, 5.74) is 0.458. The van der Waals surface area contributed by atoms with Gasteiger partial charge in [0.05, 0.1) is 0 Å². The molecular weight excluding hydrogens is 196 g/mol. The molecule has 0 aromatic heterocycles. The molecule has 0 aromatic rings. The Kier molecular flexibility index (Phi) is 3.60. The molecule has 3 unspecified atom stereocenters. The van der Waals surface area contributed by atoms with Gasteiger partial charge in [0.2, 0.25) is 0 Å². The summed E-state index contributed by atoms with van der Waals surface area (Å²) in [6.07, 6.45) is 6.96. The maximum absolute atomic E-state index is 3.60. The van der Waals surface area contributed by atoms with Gasteiger partial charge in [0.15, 0.2) is 0 Å². The zero-order valence-corrected chi connectivity index (χ0v) is 11.4. The zero-order chi connectivity index (χ0) is 11.8. The lowest BCUT2D eigenvalue weighted by molar-refractivity contribution is 0.0485. The number of hydrogen-bond donors (Lipinski definition) is 1. The van der Waals surface area contributed by atoms with Gasteiger partial charge >= 0.3 is 0 Å². The first-order chi connectivity index (χ1) is 7.56. The summed E-state index contributed by atoms with van der Waals surface area (Å²) >= 11 is 0. The Morgan fingerprint density at radius 2 is 1.94 bits per heavy atom. The first-order valence-corrected chi connectivity index (χ1v) is 6.99. The minimum Gasteiger partial charge on any atom is -0.315 e. The first kappa shape index (κ1) is 12.4. The molecule has 0 bridgehead atoms. The molecule has 2 rings (SSSR count). The van der Waals surface area contributed by atoms with Crippen molar-refractivity contribution < 1.29 is 0 Å². The van der Waals surface area contributed by atoms with E-state index in [4.69, 9.17) is 0 Å². The third kappa shape index (κ3) is 2.14. The Bertz CT molecular complexity index is 237. The second kappa shape index (κ2) is 4.66. The molecule has 3 atom stereocenters. The van der Waals surface area contributed by atoms with Crippen molar-refractivity contribution in [3.8, 4) is 0 Å². The molecule has 2 fully saturated rings. The molecule has 0 radical (unpaired) electrons. The van der Waals surface area contributed by atoms with Crippen LogP contribution in [0.25, 0.3) is 0 Å². The third-order valence-corrected chi connectivity index (χ3v) is 4.89.